The predicted octanol–water partition coefficient (Wildman–Crippen LogP) is 3.96. The van der Waals surface area contributed by atoms with Gasteiger partial charge in [0, 0.05) is 63.0 Å². The maximum Gasteiger partial charge on any atom is 0.193 e. The lowest BCUT2D eigenvalue weighted by atomic mass is 10.1. The number of halogens is 1. The number of aromatic nitrogens is 3. The Hall–Kier alpha value is -1.16. The van der Waals surface area contributed by atoms with Gasteiger partial charge >= 0.3 is 0 Å². The number of aliphatic imine (C=N–C) groups is 1. The van der Waals surface area contributed by atoms with Gasteiger partial charge in [-0.2, -0.15) is 5.10 Å². The van der Waals surface area contributed by atoms with Gasteiger partial charge in [-0.3, -0.25) is 9.67 Å². The van der Waals surface area contributed by atoms with Crippen LogP contribution in [0.2, 0.25) is 0 Å². The summed E-state index contributed by atoms with van der Waals surface area (Å²) in [5.74, 6) is 1.36. The second-order valence-electron chi connectivity index (χ2n) is 6.95. The van der Waals surface area contributed by atoms with E-state index in [-0.39, 0.29) is 24.0 Å². The Bertz CT molecular complexity index is 722. The molecular formula is C19H33IN6S. The highest BCUT2D eigenvalue weighted by molar-refractivity contribution is 14.0. The molecule has 2 heterocycles. The van der Waals surface area contributed by atoms with Crippen LogP contribution in [0.1, 0.15) is 55.1 Å². The van der Waals surface area contributed by atoms with E-state index in [2.05, 4.69) is 59.7 Å². The molecule has 0 radical (unpaired) electrons. The molecule has 0 aromatic carbocycles. The molecule has 8 heteroatoms. The van der Waals surface area contributed by atoms with Crippen LogP contribution >= 0.6 is 35.3 Å². The number of hydrogen-bond donors (Lipinski definition) is 1. The number of rotatable bonds is 8. The van der Waals surface area contributed by atoms with Gasteiger partial charge in [0.1, 0.15) is 0 Å². The van der Waals surface area contributed by atoms with E-state index in [1.165, 1.54) is 10.6 Å². The Morgan fingerprint density at radius 3 is 2.74 bits per heavy atom. The topological polar surface area (TPSA) is 58.3 Å². The third kappa shape index (κ3) is 7.40. The molecule has 0 spiro atoms. The van der Waals surface area contributed by atoms with Gasteiger partial charge in [0.25, 0.3) is 0 Å². The van der Waals surface area contributed by atoms with Gasteiger partial charge in [-0.05, 0) is 26.2 Å². The van der Waals surface area contributed by atoms with Gasteiger partial charge in [0.2, 0.25) is 0 Å². The van der Waals surface area contributed by atoms with Crippen molar-refractivity contribution in [2.75, 3.05) is 20.1 Å². The molecule has 6 nitrogen and oxygen atoms in total. The highest BCUT2D eigenvalue weighted by atomic mass is 127. The third-order valence-electron chi connectivity index (χ3n) is 4.06. The molecule has 2 aromatic heterocycles. The third-order valence-corrected chi connectivity index (χ3v) is 5.09. The maximum atomic E-state index is 4.79. The van der Waals surface area contributed by atoms with Crippen molar-refractivity contribution in [2.24, 2.45) is 12.0 Å². The first kappa shape index (κ1) is 23.9. The van der Waals surface area contributed by atoms with Crippen LogP contribution in [0.3, 0.4) is 0 Å². The fraction of sp³-hybridized carbons (Fsp3) is 0.632. The summed E-state index contributed by atoms with van der Waals surface area (Å²) >= 11 is 1.74. The minimum Gasteiger partial charge on any atom is -0.357 e. The van der Waals surface area contributed by atoms with E-state index in [1.54, 1.807) is 11.3 Å². The first-order chi connectivity index (χ1) is 12.4. The molecule has 0 fully saturated rings. The predicted molar refractivity (Wildman–Crippen MR) is 125 cm³/mol. The molecule has 0 aliphatic carbocycles. The van der Waals surface area contributed by atoms with E-state index in [1.807, 2.05) is 18.7 Å². The molecule has 0 atom stereocenters. The highest BCUT2D eigenvalue weighted by Crippen LogP contribution is 2.18. The standard InChI is InChI=1S/C19H32N6S.HI/c1-7-20-19(21-10-8-9-17-22-15(4)13-26-17)24(5)11-16-12-25(6)23-18(16)14(2)3;/h12-14H,7-11H2,1-6H3,(H,20,21);1H. The van der Waals surface area contributed by atoms with Gasteiger partial charge in [-0.25, -0.2) is 4.98 Å². The lowest BCUT2D eigenvalue weighted by molar-refractivity contribution is 0.473. The minimum absolute atomic E-state index is 0. The normalized spacial score (nSPS) is 11.6. The van der Waals surface area contributed by atoms with Crippen LogP contribution in [-0.2, 0) is 20.0 Å². The molecule has 0 amide bonds. The summed E-state index contributed by atoms with van der Waals surface area (Å²) < 4.78 is 1.90. The van der Waals surface area contributed by atoms with E-state index in [4.69, 9.17) is 4.99 Å². The number of guanidine groups is 1. The van der Waals surface area contributed by atoms with Crippen LogP contribution in [0.25, 0.3) is 0 Å². The van der Waals surface area contributed by atoms with Crippen molar-refractivity contribution in [3.63, 3.8) is 0 Å². The second kappa shape index (κ2) is 11.6. The average Bonchev–Trinajstić information content (AvgIpc) is 3.15. The lowest BCUT2D eigenvalue weighted by Gasteiger charge is -2.22. The Balaban J connectivity index is 0.00000364. The van der Waals surface area contributed by atoms with Crippen LogP contribution in [-0.4, -0.2) is 45.8 Å². The van der Waals surface area contributed by atoms with E-state index in [0.717, 1.165) is 49.8 Å². The van der Waals surface area contributed by atoms with Crippen LogP contribution in [0.5, 0.6) is 0 Å². The zero-order chi connectivity index (χ0) is 19.1. The summed E-state index contributed by atoms with van der Waals surface area (Å²) in [5, 5.41) is 11.3. The van der Waals surface area contributed by atoms with E-state index in [0.29, 0.717) is 5.92 Å². The summed E-state index contributed by atoms with van der Waals surface area (Å²) in [6, 6.07) is 0. The van der Waals surface area contributed by atoms with Crippen molar-refractivity contribution >= 4 is 41.3 Å². The average molecular weight is 504 g/mol. The number of aryl methyl sites for hydroxylation is 3. The minimum atomic E-state index is 0. The van der Waals surface area contributed by atoms with Gasteiger partial charge in [-0.15, -0.1) is 35.3 Å². The second-order valence-corrected chi connectivity index (χ2v) is 7.89. The molecule has 0 aliphatic rings. The van der Waals surface area contributed by atoms with E-state index in [9.17, 15) is 0 Å². The van der Waals surface area contributed by atoms with Gasteiger partial charge < -0.3 is 10.2 Å². The number of thiazole rings is 1. The van der Waals surface area contributed by atoms with Crippen molar-refractivity contribution in [2.45, 2.75) is 53.0 Å². The molecule has 2 aromatic rings. The maximum absolute atomic E-state index is 4.79. The number of nitrogens with zero attached hydrogens (tertiary/aromatic N) is 5. The smallest absolute Gasteiger partial charge is 0.193 e. The molecule has 0 bridgehead atoms. The summed E-state index contributed by atoms with van der Waals surface area (Å²) in [7, 11) is 4.07. The fourth-order valence-electron chi connectivity index (χ4n) is 2.90. The molecule has 0 unspecified atom stereocenters. The van der Waals surface area contributed by atoms with E-state index < -0.39 is 0 Å². The Labute approximate surface area is 184 Å². The molecule has 0 saturated carbocycles. The largest absolute Gasteiger partial charge is 0.357 e. The fourth-order valence-corrected chi connectivity index (χ4v) is 3.71. The van der Waals surface area contributed by atoms with Gasteiger partial charge in [0.05, 0.1) is 10.7 Å². The number of nitrogens with one attached hydrogen (secondary N) is 1. The van der Waals surface area contributed by atoms with Crippen molar-refractivity contribution in [3.8, 4) is 0 Å². The zero-order valence-electron chi connectivity index (χ0n) is 17.3. The van der Waals surface area contributed by atoms with Crippen LogP contribution in [0, 0.1) is 6.92 Å². The van der Waals surface area contributed by atoms with Gasteiger partial charge in [-0.1, -0.05) is 13.8 Å². The van der Waals surface area contributed by atoms with Crippen LogP contribution < -0.4 is 5.32 Å². The Morgan fingerprint density at radius 2 is 2.15 bits per heavy atom. The van der Waals surface area contributed by atoms with Crippen LogP contribution in [0.15, 0.2) is 16.6 Å². The van der Waals surface area contributed by atoms with Crippen LogP contribution in [0.4, 0.5) is 0 Å². The molecular weight excluding hydrogens is 471 g/mol. The lowest BCUT2D eigenvalue weighted by Crippen LogP contribution is -2.38. The van der Waals surface area contributed by atoms with Crippen molar-refractivity contribution in [1.82, 2.24) is 25.0 Å². The van der Waals surface area contributed by atoms with Crippen molar-refractivity contribution in [1.29, 1.82) is 0 Å². The molecule has 2 rings (SSSR count). The molecule has 0 saturated heterocycles. The highest BCUT2D eigenvalue weighted by Gasteiger charge is 2.15. The van der Waals surface area contributed by atoms with Crippen molar-refractivity contribution in [3.05, 3.63) is 33.5 Å². The van der Waals surface area contributed by atoms with E-state index >= 15 is 0 Å². The first-order valence-electron chi connectivity index (χ1n) is 9.33. The summed E-state index contributed by atoms with van der Waals surface area (Å²) in [6.07, 6.45) is 4.12. The summed E-state index contributed by atoms with van der Waals surface area (Å²) in [5.41, 5.74) is 3.53. The number of hydrogen-bond acceptors (Lipinski definition) is 4. The SMILES string of the molecule is CCNC(=NCCCc1nc(C)cs1)N(C)Cc1cn(C)nc1C(C)C.I. The Kier molecular flexibility index (Phi) is 10.3. The molecule has 0 aliphatic heterocycles. The quantitative estimate of drug-likeness (QED) is 0.256. The van der Waals surface area contributed by atoms with Crippen molar-refractivity contribution < 1.29 is 0 Å². The first-order valence-corrected chi connectivity index (χ1v) is 10.2. The van der Waals surface area contributed by atoms with Gasteiger partial charge in [0.15, 0.2) is 5.96 Å². The monoisotopic (exact) mass is 504 g/mol. The molecule has 1 N–H and O–H groups in total. The zero-order valence-corrected chi connectivity index (χ0v) is 20.5. The molecule has 27 heavy (non-hydrogen) atoms. The summed E-state index contributed by atoms with van der Waals surface area (Å²) in [6.45, 7) is 11.0. The Morgan fingerprint density at radius 1 is 1.41 bits per heavy atom. The molecule has 152 valence electrons. The summed E-state index contributed by atoms with van der Waals surface area (Å²) in [4.78, 5) is 11.5.